The van der Waals surface area contributed by atoms with Crippen LogP contribution in [-0.4, -0.2) is 5.71 Å². The van der Waals surface area contributed by atoms with Crippen LogP contribution in [0.4, 0.5) is 0 Å². The predicted molar refractivity (Wildman–Crippen MR) is 60.4 cm³/mol. The first-order chi connectivity index (χ1) is 7.42. The van der Waals surface area contributed by atoms with Crippen LogP contribution in [0.3, 0.4) is 0 Å². The van der Waals surface area contributed by atoms with E-state index in [2.05, 4.69) is 0 Å². The Morgan fingerprint density at radius 2 is 1.13 bits per heavy atom. The molecule has 0 fully saturated rings. The van der Waals surface area contributed by atoms with Gasteiger partial charge in [-0.15, -0.1) is 0 Å². The minimum absolute atomic E-state index is 0.608. The van der Waals surface area contributed by atoms with Gasteiger partial charge in [0.05, 0.1) is 0 Å². The van der Waals surface area contributed by atoms with Gasteiger partial charge in [-0.1, -0.05) is 36.4 Å². The van der Waals surface area contributed by atoms with Gasteiger partial charge in [-0.3, -0.25) is 0 Å². The van der Waals surface area contributed by atoms with Gasteiger partial charge in [0, 0.05) is 11.1 Å². The summed E-state index contributed by atoms with van der Waals surface area (Å²) in [5.41, 5.74) is 2.41. The highest BCUT2D eigenvalue weighted by atomic mass is 16.4. The summed E-state index contributed by atoms with van der Waals surface area (Å²) in [6.45, 7) is 0. The molecular formula is C13H11NO. The highest BCUT2D eigenvalue weighted by Crippen LogP contribution is 2.06. The molecular weight excluding hydrogens is 186 g/mol. The van der Waals surface area contributed by atoms with Gasteiger partial charge >= 0.3 is 0 Å². The molecule has 0 atom stereocenters. The summed E-state index contributed by atoms with van der Waals surface area (Å²) in [4.78, 5) is 0. The first kappa shape index (κ1) is 9.46. The lowest BCUT2D eigenvalue weighted by atomic mass is 10.0. The largest absolute Gasteiger partial charge is 0.625 e. The van der Waals surface area contributed by atoms with Crippen molar-refractivity contribution in [3.8, 4) is 0 Å². The van der Waals surface area contributed by atoms with Crippen molar-refractivity contribution >= 4 is 5.71 Å². The lowest BCUT2D eigenvalue weighted by Gasteiger charge is -2.01. The monoisotopic (exact) mass is 197 g/mol. The van der Waals surface area contributed by atoms with Crippen LogP contribution < -0.4 is 5.16 Å². The van der Waals surface area contributed by atoms with E-state index in [4.69, 9.17) is 0 Å². The number of hydrogen-bond acceptors (Lipinski definition) is 1. The van der Waals surface area contributed by atoms with Gasteiger partial charge in [-0.25, -0.2) is 5.16 Å². The van der Waals surface area contributed by atoms with Crippen molar-refractivity contribution in [2.24, 2.45) is 0 Å². The topological polar surface area (TPSA) is 37.0 Å². The summed E-state index contributed by atoms with van der Waals surface area (Å²) < 4.78 is 0. The standard InChI is InChI=1S/C13H11NO/c15-14-13(11-7-3-1-4-8-11)12-9-5-2-6-10-12/h1-10,14H. The van der Waals surface area contributed by atoms with Gasteiger partial charge in [-0.2, -0.15) is 0 Å². The molecule has 0 saturated carbocycles. The fourth-order valence-electron chi connectivity index (χ4n) is 1.49. The quantitative estimate of drug-likeness (QED) is 0.437. The molecule has 0 aliphatic rings. The van der Waals surface area contributed by atoms with Crippen LogP contribution in [0.15, 0.2) is 60.7 Å². The molecule has 2 heteroatoms. The van der Waals surface area contributed by atoms with E-state index in [1.54, 1.807) is 0 Å². The normalized spacial score (nSPS) is 9.60. The Balaban J connectivity index is 2.44. The van der Waals surface area contributed by atoms with E-state index in [1.165, 1.54) is 0 Å². The smallest absolute Gasteiger partial charge is 0.223 e. The molecule has 2 aromatic carbocycles. The molecule has 0 aromatic heterocycles. The van der Waals surface area contributed by atoms with E-state index >= 15 is 0 Å². The third kappa shape index (κ3) is 2.05. The number of nitrogens with one attached hydrogen (secondary N) is 1. The summed E-state index contributed by atoms with van der Waals surface area (Å²) >= 11 is 0. The highest BCUT2D eigenvalue weighted by molar-refractivity contribution is 6.09. The third-order valence-corrected chi connectivity index (χ3v) is 2.23. The van der Waals surface area contributed by atoms with Crippen molar-refractivity contribution < 1.29 is 5.16 Å². The second-order valence-electron chi connectivity index (χ2n) is 3.21. The summed E-state index contributed by atoms with van der Waals surface area (Å²) in [5.74, 6) is 0. The van der Waals surface area contributed by atoms with Crippen molar-refractivity contribution in [2.75, 3.05) is 0 Å². The van der Waals surface area contributed by atoms with Gasteiger partial charge in [0.15, 0.2) is 0 Å². The number of hydrogen-bond donors (Lipinski definition) is 1. The summed E-state index contributed by atoms with van der Waals surface area (Å²) in [5, 5.41) is 12.9. The Bertz CT molecular complexity index is 407. The molecule has 0 aliphatic carbocycles. The fourth-order valence-corrected chi connectivity index (χ4v) is 1.49. The molecule has 0 radical (unpaired) electrons. The zero-order valence-corrected chi connectivity index (χ0v) is 8.18. The lowest BCUT2D eigenvalue weighted by Crippen LogP contribution is -2.66. The molecule has 1 N–H and O–H groups in total. The van der Waals surface area contributed by atoms with E-state index in [-0.39, 0.29) is 0 Å². The van der Waals surface area contributed by atoms with Crippen LogP contribution >= 0.6 is 0 Å². The minimum Gasteiger partial charge on any atom is -0.625 e. The number of rotatable bonds is 2. The second kappa shape index (κ2) is 4.42. The first-order valence-corrected chi connectivity index (χ1v) is 4.78. The van der Waals surface area contributed by atoms with Crippen molar-refractivity contribution in [3.05, 3.63) is 77.0 Å². The van der Waals surface area contributed by atoms with Crippen molar-refractivity contribution in [1.82, 2.24) is 0 Å². The van der Waals surface area contributed by atoms with Gasteiger partial charge in [0.1, 0.15) is 0 Å². The Kier molecular flexibility index (Phi) is 2.79. The molecule has 0 bridgehead atoms. The molecule has 2 rings (SSSR count). The second-order valence-corrected chi connectivity index (χ2v) is 3.21. The Labute approximate surface area is 88.5 Å². The maximum atomic E-state index is 10.9. The van der Waals surface area contributed by atoms with Gasteiger partial charge < -0.3 is 5.21 Å². The predicted octanol–water partition coefficient (Wildman–Crippen LogP) is 1.10. The number of benzene rings is 2. The zero-order chi connectivity index (χ0) is 10.5. The van der Waals surface area contributed by atoms with Crippen LogP contribution in [0.2, 0.25) is 0 Å². The van der Waals surface area contributed by atoms with Gasteiger partial charge in [-0.05, 0) is 24.3 Å². The molecule has 0 spiro atoms. The Morgan fingerprint density at radius 1 is 0.733 bits per heavy atom. The van der Waals surface area contributed by atoms with E-state index in [1.807, 2.05) is 65.8 Å². The minimum atomic E-state index is 0.608. The van der Waals surface area contributed by atoms with Crippen molar-refractivity contribution in [1.29, 1.82) is 0 Å². The van der Waals surface area contributed by atoms with E-state index in [0.717, 1.165) is 11.1 Å². The maximum Gasteiger partial charge on any atom is 0.223 e. The molecule has 0 aliphatic heterocycles. The zero-order valence-electron chi connectivity index (χ0n) is 8.18. The van der Waals surface area contributed by atoms with Crippen molar-refractivity contribution in [3.63, 3.8) is 0 Å². The van der Waals surface area contributed by atoms with Crippen LogP contribution in [0.1, 0.15) is 11.1 Å². The first-order valence-electron chi connectivity index (χ1n) is 4.78. The molecule has 0 saturated heterocycles. The van der Waals surface area contributed by atoms with E-state index in [0.29, 0.717) is 5.71 Å². The van der Waals surface area contributed by atoms with Crippen LogP contribution in [0, 0.1) is 5.21 Å². The molecule has 15 heavy (non-hydrogen) atoms. The average Bonchev–Trinajstić information content (AvgIpc) is 2.33. The van der Waals surface area contributed by atoms with Crippen molar-refractivity contribution in [2.45, 2.75) is 0 Å². The fraction of sp³-hybridized carbons (Fsp3) is 0. The van der Waals surface area contributed by atoms with E-state index < -0.39 is 0 Å². The Hall–Kier alpha value is -2.09. The van der Waals surface area contributed by atoms with Crippen LogP contribution in [0.5, 0.6) is 0 Å². The van der Waals surface area contributed by atoms with Gasteiger partial charge in [0.25, 0.3) is 0 Å². The summed E-state index contributed by atoms with van der Waals surface area (Å²) in [6.07, 6.45) is 0. The molecule has 0 heterocycles. The summed E-state index contributed by atoms with van der Waals surface area (Å²) in [6, 6.07) is 19.1. The van der Waals surface area contributed by atoms with E-state index in [9.17, 15) is 5.21 Å². The third-order valence-electron chi connectivity index (χ3n) is 2.23. The SMILES string of the molecule is [O-][NH+]=C(c1ccccc1)c1ccccc1. The highest BCUT2D eigenvalue weighted by Gasteiger charge is 2.09. The van der Waals surface area contributed by atoms with Gasteiger partial charge in [0.2, 0.25) is 5.71 Å². The average molecular weight is 197 g/mol. The molecule has 2 nitrogen and oxygen atoms in total. The summed E-state index contributed by atoms with van der Waals surface area (Å²) in [7, 11) is 0. The molecule has 0 amide bonds. The molecule has 74 valence electrons. The molecule has 0 unspecified atom stereocenters. The van der Waals surface area contributed by atoms with Crippen LogP contribution in [0.25, 0.3) is 0 Å². The lowest BCUT2D eigenvalue weighted by molar-refractivity contribution is -0.371. The molecule has 2 aromatic rings. The van der Waals surface area contributed by atoms with Crippen LogP contribution in [-0.2, 0) is 0 Å². The maximum absolute atomic E-state index is 10.9. The Morgan fingerprint density at radius 3 is 1.47 bits per heavy atom.